The molecule has 2 heterocycles. The number of hydrogen-bond acceptors (Lipinski definition) is 5. The largest absolute Gasteiger partial charge is 0.490 e. The molecule has 1 unspecified atom stereocenters. The van der Waals surface area contributed by atoms with Gasteiger partial charge in [-0.2, -0.15) is 0 Å². The molecule has 1 aromatic heterocycles. The summed E-state index contributed by atoms with van der Waals surface area (Å²) in [5.74, 6) is 0.547. The van der Waals surface area contributed by atoms with Crippen molar-refractivity contribution in [3.8, 4) is 5.75 Å². The molecule has 32 heavy (non-hydrogen) atoms. The number of carbonyl (C=O) groups is 1. The third-order valence-electron chi connectivity index (χ3n) is 5.89. The Balaban J connectivity index is 1.85. The zero-order valence-electron chi connectivity index (χ0n) is 18.6. The maximum Gasteiger partial charge on any atom is 0.290 e. The average Bonchev–Trinajstić information content (AvgIpc) is 3.06. The smallest absolute Gasteiger partial charge is 0.290 e. The van der Waals surface area contributed by atoms with E-state index in [1.807, 2.05) is 50.2 Å². The highest BCUT2D eigenvalue weighted by molar-refractivity contribution is 5.99. The van der Waals surface area contributed by atoms with Gasteiger partial charge in [-0.1, -0.05) is 24.8 Å². The highest BCUT2D eigenvalue weighted by Gasteiger charge is 2.42. The lowest BCUT2D eigenvalue weighted by Crippen LogP contribution is -2.31. The molecule has 1 aliphatic heterocycles. The highest BCUT2D eigenvalue weighted by Crippen LogP contribution is 2.39. The molecule has 0 N–H and O–H groups in total. The molecule has 166 valence electrons. The van der Waals surface area contributed by atoms with Gasteiger partial charge in [0.15, 0.2) is 5.43 Å². The minimum Gasteiger partial charge on any atom is -0.490 e. The Morgan fingerprint density at radius 2 is 1.84 bits per heavy atom. The number of fused-ring (bicyclic) bond motifs is 2. The maximum atomic E-state index is 13.6. The summed E-state index contributed by atoms with van der Waals surface area (Å²) in [6.45, 7) is 8.95. The Labute approximate surface area is 187 Å². The summed E-state index contributed by atoms with van der Waals surface area (Å²) in [4.78, 5) is 28.6. The van der Waals surface area contributed by atoms with Crippen molar-refractivity contribution >= 4 is 16.9 Å². The van der Waals surface area contributed by atoms with Crippen LogP contribution in [0.3, 0.4) is 0 Å². The number of rotatable bonds is 8. The van der Waals surface area contributed by atoms with E-state index in [0.29, 0.717) is 48.5 Å². The fourth-order valence-corrected chi connectivity index (χ4v) is 4.13. The third kappa shape index (κ3) is 3.82. The van der Waals surface area contributed by atoms with E-state index in [-0.39, 0.29) is 17.1 Å². The topological polar surface area (TPSA) is 69.0 Å². The Bertz CT molecular complexity index is 1230. The monoisotopic (exact) mass is 433 g/mol. The van der Waals surface area contributed by atoms with Gasteiger partial charge in [0.1, 0.15) is 17.9 Å². The number of nitrogens with zero attached hydrogens (tertiary/aromatic N) is 1. The minimum absolute atomic E-state index is 0.125. The molecular weight excluding hydrogens is 406 g/mol. The molecule has 0 radical (unpaired) electrons. The highest BCUT2D eigenvalue weighted by atomic mass is 16.5. The van der Waals surface area contributed by atoms with Gasteiger partial charge in [0.2, 0.25) is 5.76 Å². The number of ether oxygens (including phenoxy) is 2. The molecule has 0 saturated carbocycles. The SMILES string of the molecule is C=CCOc1ccc(C2c3c(oc4cc(C)c(C)cc4c3=O)C(=O)N2CCCOC)cc1. The second kappa shape index (κ2) is 9.01. The second-order valence-electron chi connectivity index (χ2n) is 8.02. The summed E-state index contributed by atoms with van der Waals surface area (Å²) in [5, 5.41) is 0.495. The Morgan fingerprint density at radius 3 is 2.53 bits per heavy atom. The Kier molecular flexibility index (Phi) is 6.15. The van der Waals surface area contributed by atoms with Crippen molar-refractivity contribution in [3.63, 3.8) is 0 Å². The average molecular weight is 434 g/mol. The van der Waals surface area contributed by atoms with Gasteiger partial charge >= 0.3 is 0 Å². The fourth-order valence-electron chi connectivity index (χ4n) is 4.13. The van der Waals surface area contributed by atoms with Crippen molar-refractivity contribution in [2.24, 2.45) is 0 Å². The van der Waals surface area contributed by atoms with Crippen LogP contribution in [0.1, 0.15) is 45.3 Å². The van der Waals surface area contributed by atoms with Crippen molar-refractivity contribution in [3.05, 3.63) is 87.3 Å². The molecule has 4 rings (SSSR count). The van der Waals surface area contributed by atoms with Crippen molar-refractivity contribution in [1.82, 2.24) is 4.90 Å². The predicted molar refractivity (Wildman–Crippen MR) is 123 cm³/mol. The van der Waals surface area contributed by atoms with Crippen LogP contribution in [-0.4, -0.2) is 37.7 Å². The van der Waals surface area contributed by atoms with Crippen LogP contribution in [0.2, 0.25) is 0 Å². The van der Waals surface area contributed by atoms with E-state index in [0.717, 1.165) is 16.7 Å². The van der Waals surface area contributed by atoms with Crippen LogP contribution in [0.25, 0.3) is 11.0 Å². The van der Waals surface area contributed by atoms with Crippen LogP contribution in [0.5, 0.6) is 5.75 Å². The number of aryl methyl sites for hydroxylation is 2. The summed E-state index contributed by atoms with van der Waals surface area (Å²) in [6, 6.07) is 10.6. The van der Waals surface area contributed by atoms with Crippen LogP contribution < -0.4 is 10.2 Å². The van der Waals surface area contributed by atoms with Crippen molar-refractivity contribution in [2.45, 2.75) is 26.3 Å². The van der Waals surface area contributed by atoms with Gasteiger partial charge in [0, 0.05) is 20.3 Å². The second-order valence-corrected chi connectivity index (χ2v) is 8.02. The molecule has 2 aromatic carbocycles. The first-order valence-electron chi connectivity index (χ1n) is 10.7. The first kappa shape index (κ1) is 21.8. The van der Waals surface area contributed by atoms with Gasteiger partial charge in [0.25, 0.3) is 5.91 Å². The summed E-state index contributed by atoms with van der Waals surface area (Å²) in [7, 11) is 1.63. The third-order valence-corrected chi connectivity index (χ3v) is 5.89. The summed E-state index contributed by atoms with van der Waals surface area (Å²) < 4.78 is 16.8. The molecule has 6 heteroatoms. The van der Waals surface area contributed by atoms with Gasteiger partial charge < -0.3 is 18.8 Å². The lowest BCUT2D eigenvalue weighted by Gasteiger charge is -2.25. The molecule has 6 nitrogen and oxygen atoms in total. The fraction of sp³-hybridized carbons (Fsp3) is 0.308. The van der Waals surface area contributed by atoms with Gasteiger partial charge in [-0.05, 0) is 61.2 Å². The summed E-state index contributed by atoms with van der Waals surface area (Å²) >= 11 is 0. The van der Waals surface area contributed by atoms with Crippen molar-refractivity contribution in [2.75, 3.05) is 26.9 Å². The number of hydrogen-bond donors (Lipinski definition) is 0. The lowest BCUT2D eigenvalue weighted by atomic mass is 9.97. The van der Waals surface area contributed by atoms with Crippen LogP contribution in [0.4, 0.5) is 0 Å². The molecule has 1 amide bonds. The number of carbonyl (C=O) groups excluding carboxylic acids is 1. The van der Waals surface area contributed by atoms with E-state index in [1.165, 1.54) is 0 Å². The van der Waals surface area contributed by atoms with Gasteiger partial charge in [0.05, 0.1) is 17.0 Å². The van der Waals surface area contributed by atoms with E-state index in [9.17, 15) is 9.59 Å². The Morgan fingerprint density at radius 1 is 1.12 bits per heavy atom. The number of methoxy groups -OCH3 is 1. The van der Waals surface area contributed by atoms with E-state index in [4.69, 9.17) is 13.9 Å². The van der Waals surface area contributed by atoms with Crippen LogP contribution in [-0.2, 0) is 4.74 Å². The van der Waals surface area contributed by atoms with Crippen LogP contribution in [0.15, 0.2) is 58.3 Å². The van der Waals surface area contributed by atoms with Gasteiger partial charge in [-0.25, -0.2) is 0 Å². The van der Waals surface area contributed by atoms with Crippen molar-refractivity contribution < 1.29 is 18.7 Å². The molecule has 3 aromatic rings. The standard InChI is InChI=1S/C26H27NO5/c1-5-12-31-19-9-7-18(8-10-19)23-22-24(28)20-14-16(2)17(3)15-21(20)32-25(22)26(29)27(23)11-6-13-30-4/h5,7-10,14-15,23H,1,6,11-13H2,2-4H3. The molecule has 0 aliphatic carbocycles. The van der Waals surface area contributed by atoms with Crippen LogP contribution >= 0.6 is 0 Å². The first-order chi connectivity index (χ1) is 15.5. The van der Waals surface area contributed by atoms with E-state index in [1.54, 1.807) is 18.1 Å². The summed E-state index contributed by atoms with van der Waals surface area (Å²) in [5.41, 5.74) is 3.51. The lowest BCUT2D eigenvalue weighted by molar-refractivity contribution is 0.0708. The van der Waals surface area contributed by atoms with E-state index < -0.39 is 6.04 Å². The summed E-state index contributed by atoms with van der Waals surface area (Å²) in [6.07, 6.45) is 2.33. The predicted octanol–water partition coefficient (Wildman–Crippen LogP) is 4.56. The molecular formula is C26H27NO5. The van der Waals surface area contributed by atoms with E-state index in [2.05, 4.69) is 6.58 Å². The molecule has 0 fully saturated rings. The molecule has 1 atom stereocenters. The molecule has 0 spiro atoms. The number of amides is 1. The van der Waals surface area contributed by atoms with Gasteiger partial charge in [-0.3, -0.25) is 9.59 Å². The Hall–Kier alpha value is -3.38. The van der Waals surface area contributed by atoms with E-state index >= 15 is 0 Å². The molecule has 0 bridgehead atoms. The molecule has 1 aliphatic rings. The first-order valence-corrected chi connectivity index (χ1v) is 10.7. The number of benzene rings is 2. The zero-order valence-corrected chi connectivity index (χ0v) is 18.6. The quantitative estimate of drug-likeness (QED) is 0.385. The van der Waals surface area contributed by atoms with Gasteiger partial charge in [-0.15, -0.1) is 0 Å². The molecule has 0 saturated heterocycles. The van der Waals surface area contributed by atoms with Crippen molar-refractivity contribution in [1.29, 1.82) is 0 Å². The minimum atomic E-state index is -0.523. The maximum absolute atomic E-state index is 13.6. The normalized spacial score (nSPS) is 15.3. The van der Waals surface area contributed by atoms with Crippen LogP contribution in [0, 0.1) is 13.8 Å². The zero-order chi connectivity index (χ0) is 22.8.